The summed E-state index contributed by atoms with van der Waals surface area (Å²) in [5.74, 6) is -0.533. The number of nitriles is 1. The van der Waals surface area contributed by atoms with Crippen molar-refractivity contribution in [1.82, 2.24) is 4.40 Å². The van der Waals surface area contributed by atoms with Crippen LogP contribution in [0, 0.1) is 11.3 Å². The Kier molecular flexibility index (Phi) is 4.34. The molecule has 0 atom stereocenters. The number of esters is 1. The third kappa shape index (κ3) is 2.65. The van der Waals surface area contributed by atoms with E-state index in [1.54, 1.807) is 38.3 Å². The number of ether oxygens (including phenoxy) is 1. The number of rotatable bonds is 3. The Labute approximate surface area is 126 Å². The third-order valence-corrected chi connectivity index (χ3v) is 3.68. The molecule has 2 rings (SSSR count). The molecule has 2 aromatic heterocycles. The van der Waals surface area contributed by atoms with Crippen molar-refractivity contribution in [2.45, 2.75) is 24.8 Å². The van der Waals surface area contributed by atoms with E-state index in [0.717, 1.165) is 0 Å². The standard InChI is InChI=1S/C15H14N2O3S/c1-9(2)20-15(19)12-11-6-4-5-7-17(11)14(18)10(8-16)13(12)21-3/h4-7,9H,1-3H3. The molecule has 0 fully saturated rings. The average molecular weight is 302 g/mol. The molecule has 0 aromatic carbocycles. The molecule has 0 saturated heterocycles. The van der Waals surface area contributed by atoms with Crippen LogP contribution in [0.1, 0.15) is 29.8 Å². The molecule has 21 heavy (non-hydrogen) atoms. The van der Waals surface area contributed by atoms with E-state index in [2.05, 4.69) is 0 Å². The van der Waals surface area contributed by atoms with Gasteiger partial charge in [0.05, 0.1) is 17.2 Å². The second-order valence-corrected chi connectivity index (χ2v) is 5.43. The van der Waals surface area contributed by atoms with Crippen LogP contribution in [0.4, 0.5) is 0 Å². The van der Waals surface area contributed by atoms with Crippen molar-refractivity contribution < 1.29 is 9.53 Å². The first kappa shape index (κ1) is 15.1. The first-order valence-corrected chi connectivity index (χ1v) is 7.56. The van der Waals surface area contributed by atoms with Gasteiger partial charge in [-0.15, -0.1) is 11.8 Å². The molecule has 0 amide bonds. The number of pyridine rings is 2. The van der Waals surface area contributed by atoms with Crippen LogP contribution in [0.5, 0.6) is 0 Å². The molecular formula is C15H14N2O3S. The normalized spacial score (nSPS) is 10.6. The maximum atomic E-state index is 12.4. The largest absolute Gasteiger partial charge is 0.459 e. The van der Waals surface area contributed by atoms with Gasteiger partial charge in [0.1, 0.15) is 11.6 Å². The number of hydrogen-bond acceptors (Lipinski definition) is 5. The second-order valence-electron chi connectivity index (χ2n) is 4.61. The molecule has 2 aromatic rings. The van der Waals surface area contributed by atoms with Crippen molar-refractivity contribution in [3.63, 3.8) is 0 Å². The van der Waals surface area contributed by atoms with Crippen molar-refractivity contribution >= 4 is 23.2 Å². The highest BCUT2D eigenvalue weighted by Crippen LogP contribution is 2.27. The minimum atomic E-state index is -0.533. The zero-order valence-electron chi connectivity index (χ0n) is 11.9. The molecule has 0 saturated carbocycles. The van der Waals surface area contributed by atoms with Crippen molar-refractivity contribution in [3.8, 4) is 6.07 Å². The molecule has 0 aliphatic rings. The smallest absolute Gasteiger partial charge is 0.341 e. The van der Waals surface area contributed by atoms with E-state index in [1.165, 1.54) is 22.4 Å². The summed E-state index contributed by atoms with van der Waals surface area (Å²) in [7, 11) is 0. The lowest BCUT2D eigenvalue weighted by Crippen LogP contribution is -2.23. The van der Waals surface area contributed by atoms with E-state index in [0.29, 0.717) is 10.4 Å². The third-order valence-electron chi connectivity index (χ3n) is 2.87. The molecule has 0 radical (unpaired) electrons. The van der Waals surface area contributed by atoms with Gasteiger partial charge in [0.15, 0.2) is 0 Å². The fourth-order valence-corrected chi connectivity index (χ4v) is 2.78. The molecule has 5 nitrogen and oxygen atoms in total. The van der Waals surface area contributed by atoms with Crippen molar-refractivity contribution in [2.75, 3.05) is 6.26 Å². The lowest BCUT2D eigenvalue weighted by molar-refractivity contribution is 0.0375. The molecule has 0 N–H and O–H groups in total. The molecule has 0 spiro atoms. The zero-order valence-corrected chi connectivity index (χ0v) is 12.7. The van der Waals surface area contributed by atoms with Crippen LogP contribution < -0.4 is 5.56 Å². The topological polar surface area (TPSA) is 71.6 Å². The molecule has 0 aliphatic carbocycles. The molecule has 0 bridgehead atoms. The van der Waals surface area contributed by atoms with E-state index in [-0.39, 0.29) is 17.2 Å². The summed E-state index contributed by atoms with van der Waals surface area (Å²) in [5.41, 5.74) is 0.227. The summed E-state index contributed by atoms with van der Waals surface area (Å²) in [6, 6.07) is 6.97. The number of aromatic nitrogens is 1. The average Bonchev–Trinajstić information content (AvgIpc) is 2.46. The first-order valence-electron chi connectivity index (χ1n) is 6.33. The highest BCUT2D eigenvalue weighted by molar-refractivity contribution is 7.98. The molecule has 2 heterocycles. The van der Waals surface area contributed by atoms with E-state index in [4.69, 9.17) is 4.74 Å². The van der Waals surface area contributed by atoms with Gasteiger partial charge in [-0.3, -0.25) is 9.20 Å². The summed E-state index contributed by atoms with van der Waals surface area (Å²) in [6.45, 7) is 3.50. The summed E-state index contributed by atoms with van der Waals surface area (Å²) < 4.78 is 6.55. The zero-order chi connectivity index (χ0) is 15.6. The van der Waals surface area contributed by atoms with E-state index in [1.807, 2.05) is 6.07 Å². The minimum Gasteiger partial charge on any atom is -0.459 e. The summed E-state index contributed by atoms with van der Waals surface area (Å²) in [4.78, 5) is 25.0. The van der Waals surface area contributed by atoms with Crippen LogP contribution in [-0.4, -0.2) is 22.7 Å². The van der Waals surface area contributed by atoms with Gasteiger partial charge < -0.3 is 4.74 Å². The van der Waals surface area contributed by atoms with Crippen LogP contribution >= 0.6 is 11.8 Å². The highest BCUT2D eigenvalue weighted by Gasteiger charge is 2.23. The van der Waals surface area contributed by atoms with Gasteiger partial charge in [-0.2, -0.15) is 5.26 Å². The summed E-state index contributed by atoms with van der Waals surface area (Å²) in [5, 5.41) is 9.25. The van der Waals surface area contributed by atoms with Gasteiger partial charge in [0.25, 0.3) is 5.56 Å². The van der Waals surface area contributed by atoms with Crippen molar-refractivity contribution in [1.29, 1.82) is 5.26 Å². The number of carbonyl (C=O) groups is 1. The second kappa shape index (κ2) is 6.02. The van der Waals surface area contributed by atoms with Gasteiger partial charge in [0, 0.05) is 11.1 Å². The van der Waals surface area contributed by atoms with Crippen LogP contribution in [0.15, 0.2) is 34.1 Å². The molecule has 108 valence electrons. The Hall–Kier alpha value is -2.26. The predicted octanol–water partition coefficient (Wildman–Crippen LogP) is 2.46. The van der Waals surface area contributed by atoms with Gasteiger partial charge in [-0.05, 0) is 32.2 Å². The predicted molar refractivity (Wildman–Crippen MR) is 80.7 cm³/mol. The molecular weight excluding hydrogens is 288 g/mol. The van der Waals surface area contributed by atoms with Gasteiger partial charge in [-0.25, -0.2) is 4.79 Å². The summed E-state index contributed by atoms with van der Waals surface area (Å²) >= 11 is 1.19. The lowest BCUT2D eigenvalue weighted by Gasteiger charge is -2.14. The van der Waals surface area contributed by atoms with E-state index in [9.17, 15) is 14.9 Å². The van der Waals surface area contributed by atoms with Crippen LogP contribution in [0.25, 0.3) is 5.52 Å². The Morgan fingerprint density at radius 1 is 1.43 bits per heavy atom. The Bertz CT molecular complexity index is 803. The molecule has 6 heteroatoms. The van der Waals surface area contributed by atoms with Crippen LogP contribution in [-0.2, 0) is 4.74 Å². The fourth-order valence-electron chi connectivity index (χ4n) is 2.06. The number of fused-ring (bicyclic) bond motifs is 1. The van der Waals surface area contributed by atoms with Crippen LogP contribution in [0.3, 0.4) is 0 Å². The fraction of sp³-hybridized carbons (Fsp3) is 0.267. The highest BCUT2D eigenvalue weighted by atomic mass is 32.2. The molecule has 0 unspecified atom stereocenters. The maximum absolute atomic E-state index is 12.4. The number of carbonyl (C=O) groups excluding carboxylic acids is 1. The first-order chi connectivity index (χ1) is 10.0. The lowest BCUT2D eigenvalue weighted by atomic mass is 10.1. The number of nitrogens with zero attached hydrogens (tertiary/aromatic N) is 2. The van der Waals surface area contributed by atoms with Gasteiger partial charge in [-0.1, -0.05) is 6.07 Å². The van der Waals surface area contributed by atoms with Gasteiger partial charge in [0.2, 0.25) is 0 Å². The Morgan fingerprint density at radius 3 is 2.71 bits per heavy atom. The van der Waals surface area contributed by atoms with Crippen molar-refractivity contribution in [3.05, 3.63) is 45.9 Å². The summed E-state index contributed by atoms with van der Waals surface area (Å²) in [6.07, 6.45) is 2.98. The minimum absolute atomic E-state index is 0.0399. The monoisotopic (exact) mass is 302 g/mol. The number of thioether (sulfide) groups is 1. The number of hydrogen-bond donors (Lipinski definition) is 0. The Morgan fingerprint density at radius 2 is 2.14 bits per heavy atom. The Balaban J connectivity index is 2.90. The SMILES string of the molecule is CSc1c(C#N)c(=O)n2ccccc2c1C(=O)OC(C)C. The van der Waals surface area contributed by atoms with E-state index < -0.39 is 11.5 Å². The van der Waals surface area contributed by atoms with Crippen molar-refractivity contribution in [2.24, 2.45) is 0 Å². The van der Waals surface area contributed by atoms with Crippen LogP contribution in [0.2, 0.25) is 0 Å². The van der Waals surface area contributed by atoms with Gasteiger partial charge >= 0.3 is 5.97 Å². The quantitative estimate of drug-likeness (QED) is 0.643. The molecule has 0 aliphatic heterocycles. The van der Waals surface area contributed by atoms with E-state index >= 15 is 0 Å². The maximum Gasteiger partial charge on any atom is 0.341 e.